The zero-order valence-corrected chi connectivity index (χ0v) is 7.80. The van der Waals surface area contributed by atoms with Gasteiger partial charge in [0.25, 0.3) is 0 Å². The molecule has 0 fully saturated rings. The minimum atomic E-state index is 0. The molecule has 0 nitrogen and oxygen atoms in total. The summed E-state index contributed by atoms with van der Waals surface area (Å²) >= 11 is 2.41. The fourth-order valence-corrected chi connectivity index (χ4v) is 0. The molecule has 0 aromatic rings. The van der Waals surface area contributed by atoms with Crippen LogP contribution in [0.2, 0.25) is 0 Å². The van der Waals surface area contributed by atoms with Gasteiger partial charge in [0.2, 0.25) is 0 Å². The summed E-state index contributed by atoms with van der Waals surface area (Å²) in [6, 6.07) is 0. The molecule has 0 amide bonds. The molecule has 0 aromatic heterocycles. The smallest absolute Gasteiger partial charge is 1.00 e. The van der Waals surface area contributed by atoms with Crippen LogP contribution < -0.4 is 12.4 Å². The molecule has 0 N–H and O–H groups in total. The Kier molecular flexibility index (Phi) is 160. The van der Waals surface area contributed by atoms with Gasteiger partial charge in [0, 0.05) is 15.0 Å². The average molecular weight is 367 g/mol. The number of halogens is 3. The molecule has 0 aliphatic rings. The van der Waals surface area contributed by atoms with Gasteiger partial charge >= 0.3 is 44.8 Å². The van der Waals surface area contributed by atoms with Crippen LogP contribution in [-0.2, 0) is 44.8 Å². The molecule has 0 saturated carbocycles. The van der Waals surface area contributed by atoms with E-state index in [1.807, 2.05) is 0 Å². The Morgan fingerprint density at radius 2 is 1.00 bits per heavy atom. The van der Waals surface area contributed by atoms with E-state index in [4.69, 9.17) is 0 Å². The molecular formula is Ag2BrCl2+. The molecule has 0 radical (unpaired) electrons. The third-order valence-electron chi connectivity index (χ3n) is 0. The van der Waals surface area contributed by atoms with E-state index in [9.17, 15) is 0 Å². The minimum Gasteiger partial charge on any atom is -1.00 e. The molecule has 42 valence electrons. The summed E-state index contributed by atoms with van der Waals surface area (Å²) in [5, 5.41) is 0. The second-order valence-corrected chi connectivity index (χ2v) is 0. The molecule has 5 heteroatoms. The Hall–Kier alpha value is 2.54. The van der Waals surface area contributed by atoms with E-state index in [-0.39, 0.29) is 57.2 Å². The van der Waals surface area contributed by atoms with Crippen molar-refractivity contribution in [1.82, 2.24) is 0 Å². The van der Waals surface area contributed by atoms with Gasteiger partial charge < -0.3 is 12.4 Å². The van der Waals surface area contributed by atoms with Crippen molar-refractivity contribution in [3.8, 4) is 0 Å². The van der Waals surface area contributed by atoms with Gasteiger partial charge in [0.15, 0.2) is 0 Å². The molecule has 0 aliphatic heterocycles. The van der Waals surface area contributed by atoms with Gasteiger partial charge in [0.05, 0.1) is 0 Å². The van der Waals surface area contributed by atoms with Crippen molar-refractivity contribution in [1.29, 1.82) is 0 Å². The van der Waals surface area contributed by atoms with Crippen LogP contribution in [0.25, 0.3) is 0 Å². The molecule has 0 unspecified atom stereocenters. The van der Waals surface area contributed by atoms with Crippen molar-refractivity contribution >= 4 is 25.1 Å². The summed E-state index contributed by atoms with van der Waals surface area (Å²) in [7, 11) is 4.45. The first kappa shape index (κ1) is 25.7. The van der Waals surface area contributed by atoms with E-state index in [2.05, 4.69) is 25.1 Å². The van der Waals surface area contributed by atoms with Crippen molar-refractivity contribution in [2.75, 3.05) is 0 Å². The van der Waals surface area contributed by atoms with Crippen molar-refractivity contribution in [2.45, 2.75) is 0 Å². The zero-order chi connectivity index (χ0) is 2.00. The summed E-state index contributed by atoms with van der Waals surface area (Å²) in [5.41, 5.74) is 0. The fraction of sp³-hybridized carbons (Fsp3) is 0. The predicted octanol–water partition coefficient (Wildman–Crippen LogP) is -1.47. The Morgan fingerprint density at radius 3 is 1.00 bits per heavy atom. The Morgan fingerprint density at radius 1 is 1.00 bits per heavy atom. The maximum Gasteiger partial charge on any atom is 1.00 e. The topological polar surface area (TPSA) is 0 Å². The molecule has 5 heavy (non-hydrogen) atoms. The van der Waals surface area contributed by atoms with Crippen LogP contribution in [0, 0.1) is 0 Å². The van der Waals surface area contributed by atoms with Gasteiger partial charge in [-0.25, -0.2) is 0 Å². The predicted molar refractivity (Wildman–Crippen MR) is 14.8 cm³/mol. The van der Waals surface area contributed by atoms with E-state index in [1.165, 1.54) is 0 Å². The Labute approximate surface area is 81.2 Å². The summed E-state index contributed by atoms with van der Waals surface area (Å²) in [5.74, 6) is 0. The van der Waals surface area contributed by atoms with Crippen LogP contribution in [-0.4, -0.2) is 0 Å². The molecular weight excluding hydrogens is 367 g/mol. The van der Waals surface area contributed by atoms with Gasteiger partial charge in [-0.3, -0.25) is 0 Å². The average Bonchev–Trinajstić information content (AvgIpc) is 1.00. The molecule has 0 aromatic carbocycles. The second kappa shape index (κ2) is 31.1. The molecule has 0 saturated heterocycles. The SMILES string of the molecule is ClBr.[Ag+].[Ag+].[Cl-]. The van der Waals surface area contributed by atoms with Crippen LogP contribution in [0.1, 0.15) is 0 Å². The maximum atomic E-state index is 4.45. The van der Waals surface area contributed by atoms with Gasteiger partial charge in [-0.05, 0) is 10.1 Å². The normalized spacial score (nSPS) is 1.20. The number of rotatable bonds is 0. The Balaban J connectivity index is -0.00000000167. The number of hydrogen-bond acceptors (Lipinski definition) is 0. The minimum absolute atomic E-state index is 0. The fourth-order valence-electron chi connectivity index (χ4n) is 0. The first-order valence-electron chi connectivity index (χ1n) is 0.143. The first-order chi connectivity index (χ1) is 1.00. The van der Waals surface area contributed by atoms with E-state index in [1.54, 1.807) is 0 Å². The monoisotopic (exact) mass is 363 g/mol. The molecule has 0 spiro atoms. The first-order valence-corrected chi connectivity index (χ1v) is 2.23. The van der Waals surface area contributed by atoms with Crippen LogP contribution >= 0.6 is 25.1 Å². The van der Waals surface area contributed by atoms with Crippen molar-refractivity contribution in [3.05, 3.63) is 0 Å². The molecule has 0 heterocycles. The van der Waals surface area contributed by atoms with Crippen LogP contribution in [0.4, 0.5) is 0 Å². The third-order valence-corrected chi connectivity index (χ3v) is 0. The van der Waals surface area contributed by atoms with Gasteiger partial charge in [-0.2, -0.15) is 0 Å². The zero-order valence-electron chi connectivity index (χ0n) is 1.74. The largest absolute Gasteiger partial charge is 1.00 e. The van der Waals surface area contributed by atoms with Crippen LogP contribution in [0.5, 0.6) is 0 Å². The standard InChI is InChI=1S/2Ag.BrCl.ClH/c;;1-2;/h;;;1H/q2*+1;;/p-1. The van der Waals surface area contributed by atoms with Crippen LogP contribution in [0.15, 0.2) is 0 Å². The van der Waals surface area contributed by atoms with Gasteiger partial charge in [-0.15, -0.1) is 0 Å². The molecule has 0 atom stereocenters. The van der Waals surface area contributed by atoms with Crippen LogP contribution in [0.3, 0.4) is 0 Å². The summed E-state index contributed by atoms with van der Waals surface area (Å²) in [4.78, 5) is 0. The molecule has 0 aliphatic carbocycles. The summed E-state index contributed by atoms with van der Waals surface area (Å²) < 4.78 is 0. The molecule has 0 bridgehead atoms. The summed E-state index contributed by atoms with van der Waals surface area (Å²) in [6.07, 6.45) is 0. The maximum absolute atomic E-state index is 4.45. The second-order valence-electron chi connectivity index (χ2n) is 0. The van der Waals surface area contributed by atoms with E-state index in [0.29, 0.717) is 0 Å². The van der Waals surface area contributed by atoms with E-state index >= 15 is 0 Å². The van der Waals surface area contributed by atoms with Crippen molar-refractivity contribution < 1.29 is 57.2 Å². The van der Waals surface area contributed by atoms with Crippen molar-refractivity contribution in [3.63, 3.8) is 0 Å². The van der Waals surface area contributed by atoms with Crippen molar-refractivity contribution in [2.24, 2.45) is 0 Å². The molecule has 0 rings (SSSR count). The van der Waals surface area contributed by atoms with E-state index in [0.717, 1.165) is 0 Å². The Bertz CT molecular complexity index is 7.61. The van der Waals surface area contributed by atoms with Gasteiger partial charge in [-0.1, -0.05) is 0 Å². The summed E-state index contributed by atoms with van der Waals surface area (Å²) in [6.45, 7) is 0. The van der Waals surface area contributed by atoms with Gasteiger partial charge in [0.1, 0.15) is 0 Å². The number of hydrogen-bond donors (Lipinski definition) is 0. The quantitative estimate of drug-likeness (QED) is 0.460. The van der Waals surface area contributed by atoms with E-state index < -0.39 is 0 Å². The third kappa shape index (κ3) is 20.9.